The Bertz CT molecular complexity index is 721. The predicted octanol–water partition coefficient (Wildman–Crippen LogP) is 2.71. The topological polar surface area (TPSA) is 48.5 Å². The van der Waals surface area contributed by atoms with E-state index in [1.54, 1.807) is 0 Å². The molecule has 2 aromatic rings. The van der Waals surface area contributed by atoms with Gasteiger partial charge >= 0.3 is 0 Å². The first-order valence-electron chi connectivity index (χ1n) is 9.38. The summed E-state index contributed by atoms with van der Waals surface area (Å²) in [5.74, 6) is 0.0609. The number of anilines is 1. The van der Waals surface area contributed by atoms with Gasteiger partial charge in [0, 0.05) is 50.3 Å². The molecule has 1 saturated heterocycles. The number of pyridine rings is 1. The minimum atomic E-state index is 0.0609. The average molecular weight is 352 g/mol. The molecule has 0 radical (unpaired) electrons. The molecule has 1 amide bonds. The van der Waals surface area contributed by atoms with Gasteiger partial charge < -0.3 is 5.32 Å². The summed E-state index contributed by atoms with van der Waals surface area (Å²) in [5.41, 5.74) is 4.54. The monoisotopic (exact) mass is 352 g/mol. The van der Waals surface area contributed by atoms with Crippen LogP contribution < -0.4 is 5.32 Å². The van der Waals surface area contributed by atoms with E-state index in [1.807, 2.05) is 24.4 Å². The number of aryl methyl sites for hydroxylation is 2. The molecule has 0 unspecified atom stereocenters. The summed E-state index contributed by atoms with van der Waals surface area (Å²) in [6.45, 7) is 9.37. The van der Waals surface area contributed by atoms with Crippen molar-refractivity contribution in [2.45, 2.75) is 26.8 Å². The zero-order valence-electron chi connectivity index (χ0n) is 15.7. The van der Waals surface area contributed by atoms with Crippen LogP contribution >= 0.6 is 0 Å². The summed E-state index contributed by atoms with van der Waals surface area (Å²) in [7, 11) is 0. The summed E-state index contributed by atoms with van der Waals surface area (Å²) >= 11 is 0. The van der Waals surface area contributed by atoms with Crippen molar-refractivity contribution >= 4 is 11.6 Å². The van der Waals surface area contributed by atoms with Crippen LogP contribution in [0.15, 0.2) is 42.6 Å². The maximum Gasteiger partial charge on any atom is 0.238 e. The van der Waals surface area contributed by atoms with Crippen LogP contribution in [0.2, 0.25) is 0 Å². The van der Waals surface area contributed by atoms with Crippen LogP contribution in [0.1, 0.15) is 23.7 Å². The van der Waals surface area contributed by atoms with Crippen molar-refractivity contribution < 1.29 is 4.79 Å². The number of aromatic nitrogens is 1. The molecule has 2 heterocycles. The molecule has 1 N–H and O–H groups in total. The predicted molar refractivity (Wildman–Crippen MR) is 105 cm³/mol. The molecule has 1 aliphatic rings. The second-order valence-corrected chi connectivity index (χ2v) is 6.90. The number of nitrogens with zero attached hydrogens (tertiary/aromatic N) is 3. The van der Waals surface area contributed by atoms with Crippen molar-refractivity contribution in [3.63, 3.8) is 0 Å². The van der Waals surface area contributed by atoms with Crippen LogP contribution in [0.4, 0.5) is 5.69 Å². The van der Waals surface area contributed by atoms with E-state index in [2.05, 4.69) is 52.1 Å². The molecule has 0 bridgehead atoms. The maximum absolute atomic E-state index is 12.3. The summed E-state index contributed by atoms with van der Waals surface area (Å²) in [6, 6.07) is 12.2. The second-order valence-electron chi connectivity index (χ2n) is 6.90. The van der Waals surface area contributed by atoms with Gasteiger partial charge in [0.05, 0.1) is 6.54 Å². The average Bonchev–Trinajstić information content (AvgIpc) is 2.66. The summed E-state index contributed by atoms with van der Waals surface area (Å²) < 4.78 is 0. The molecule has 1 aromatic heterocycles. The van der Waals surface area contributed by atoms with Gasteiger partial charge in [0.25, 0.3) is 0 Å². The van der Waals surface area contributed by atoms with Crippen molar-refractivity contribution in [2.24, 2.45) is 0 Å². The summed E-state index contributed by atoms with van der Waals surface area (Å²) in [5, 5.41) is 3.00. The Morgan fingerprint density at radius 1 is 1.08 bits per heavy atom. The lowest BCUT2D eigenvalue weighted by Gasteiger charge is -2.34. The van der Waals surface area contributed by atoms with Gasteiger partial charge in [-0.2, -0.15) is 0 Å². The first-order valence-corrected chi connectivity index (χ1v) is 9.38. The Balaban J connectivity index is 1.43. The van der Waals surface area contributed by atoms with Gasteiger partial charge in [-0.3, -0.25) is 19.6 Å². The third-order valence-corrected chi connectivity index (χ3v) is 4.99. The molecule has 3 rings (SSSR count). The highest BCUT2D eigenvalue weighted by Gasteiger charge is 2.19. The minimum Gasteiger partial charge on any atom is -0.325 e. The number of hydrogen-bond donors (Lipinski definition) is 1. The number of carbonyl (C=O) groups excluding carboxylic acids is 1. The Labute approximate surface area is 156 Å². The number of piperazine rings is 1. The highest BCUT2D eigenvalue weighted by atomic mass is 16.2. The van der Waals surface area contributed by atoms with E-state index in [4.69, 9.17) is 0 Å². The molecule has 5 heteroatoms. The van der Waals surface area contributed by atoms with Crippen LogP contribution in [0.3, 0.4) is 0 Å². The molecule has 1 aliphatic heterocycles. The molecule has 0 saturated carbocycles. The molecule has 1 fully saturated rings. The normalized spacial score (nSPS) is 15.8. The number of carbonyl (C=O) groups is 1. The largest absolute Gasteiger partial charge is 0.325 e. The van der Waals surface area contributed by atoms with E-state index in [-0.39, 0.29) is 5.91 Å². The molecule has 26 heavy (non-hydrogen) atoms. The van der Waals surface area contributed by atoms with Gasteiger partial charge in [0.1, 0.15) is 0 Å². The fraction of sp³-hybridized carbons (Fsp3) is 0.429. The highest BCUT2D eigenvalue weighted by Crippen LogP contribution is 2.12. The smallest absolute Gasteiger partial charge is 0.238 e. The Morgan fingerprint density at radius 3 is 2.42 bits per heavy atom. The van der Waals surface area contributed by atoms with Crippen molar-refractivity contribution in [1.82, 2.24) is 14.8 Å². The van der Waals surface area contributed by atoms with Gasteiger partial charge in [-0.25, -0.2) is 0 Å². The molecular weight excluding hydrogens is 324 g/mol. The van der Waals surface area contributed by atoms with Gasteiger partial charge in [-0.05, 0) is 42.7 Å². The molecule has 5 nitrogen and oxygen atoms in total. The molecule has 0 atom stereocenters. The first-order chi connectivity index (χ1) is 12.6. The van der Waals surface area contributed by atoms with Crippen LogP contribution in [0, 0.1) is 6.92 Å². The first kappa shape index (κ1) is 18.5. The quantitative estimate of drug-likeness (QED) is 0.868. The zero-order chi connectivity index (χ0) is 18.4. The Morgan fingerprint density at radius 2 is 1.77 bits per heavy atom. The lowest BCUT2D eigenvalue weighted by atomic mass is 10.1. The van der Waals surface area contributed by atoms with E-state index in [9.17, 15) is 4.79 Å². The van der Waals surface area contributed by atoms with Gasteiger partial charge in [0.2, 0.25) is 5.91 Å². The van der Waals surface area contributed by atoms with E-state index in [0.29, 0.717) is 6.54 Å². The molecule has 138 valence electrons. The zero-order valence-corrected chi connectivity index (χ0v) is 15.7. The number of nitrogens with one attached hydrogen (secondary N) is 1. The van der Waals surface area contributed by atoms with E-state index < -0.39 is 0 Å². The standard InChI is InChI=1S/C21H28N4O/c1-3-18-6-8-20(9-7-18)23-21(26)16-25-13-11-24(12-14-25)15-19-5-4-10-22-17(19)2/h4-10H,3,11-16H2,1-2H3,(H,23,26). The van der Waals surface area contributed by atoms with Crippen molar-refractivity contribution in [3.8, 4) is 0 Å². The fourth-order valence-electron chi connectivity index (χ4n) is 3.26. The van der Waals surface area contributed by atoms with Crippen LogP contribution in [0.5, 0.6) is 0 Å². The fourth-order valence-corrected chi connectivity index (χ4v) is 3.26. The number of amides is 1. The third-order valence-electron chi connectivity index (χ3n) is 4.99. The molecule has 0 aliphatic carbocycles. The lowest BCUT2D eigenvalue weighted by Crippen LogP contribution is -2.48. The van der Waals surface area contributed by atoms with Gasteiger partial charge in [-0.1, -0.05) is 25.1 Å². The third kappa shape index (κ3) is 5.13. The summed E-state index contributed by atoms with van der Waals surface area (Å²) in [6.07, 6.45) is 2.85. The van der Waals surface area contributed by atoms with Crippen LogP contribution in [-0.4, -0.2) is 53.4 Å². The number of benzene rings is 1. The molecule has 0 spiro atoms. The van der Waals surface area contributed by atoms with Gasteiger partial charge in [-0.15, -0.1) is 0 Å². The minimum absolute atomic E-state index is 0.0609. The van der Waals surface area contributed by atoms with Crippen LogP contribution in [-0.2, 0) is 17.8 Å². The Kier molecular flexibility index (Phi) is 6.36. The van der Waals surface area contributed by atoms with Gasteiger partial charge in [0.15, 0.2) is 0 Å². The van der Waals surface area contributed by atoms with E-state index in [1.165, 1.54) is 11.1 Å². The van der Waals surface area contributed by atoms with E-state index in [0.717, 1.165) is 50.5 Å². The van der Waals surface area contributed by atoms with E-state index >= 15 is 0 Å². The SMILES string of the molecule is CCc1ccc(NC(=O)CN2CCN(Cc3cccnc3C)CC2)cc1. The maximum atomic E-state index is 12.3. The number of rotatable bonds is 6. The Hall–Kier alpha value is -2.24. The number of hydrogen-bond acceptors (Lipinski definition) is 4. The molecule has 1 aromatic carbocycles. The van der Waals surface area contributed by atoms with Crippen molar-refractivity contribution in [3.05, 3.63) is 59.4 Å². The highest BCUT2D eigenvalue weighted by molar-refractivity contribution is 5.92. The van der Waals surface area contributed by atoms with Crippen molar-refractivity contribution in [2.75, 3.05) is 38.0 Å². The molecular formula is C21H28N4O. The van der Waals surface area contributed by atoms with Crippen molar-refractivity contribution in [1.29, 1.82) is 0 Å². The second kappa shape index (κ2) is 8.92. The lowest BCUT2D eigenvalue weighted by molar-refractivity contribution is -0.117. The van der Waals surface area contributed by atoms with Crippen LogP contribution in [0.25, 0.3) is 0 Å². The summed E-state index contributed by atoms with van der Waals surface area (Å²) in [4.78, 5) is 21.3.